The second-order valence-corrected chi connectivity index (χ2v) is 4.50. The number of nitrogens with zero attached hydrogens (tertiary/aromatic N) is 2. The molecule has 0 unspecified atom stereocenters. The van der Waals surface area contributed by atoms with Gasteiger partial charge in [0, 0.05) is 12.6 Å². The van der Waals surface area contributed by atoms with Crippen LogP contribution in [0.4, 0.5) is 4.39 Å². The molecule has 0 radical (unpaired) electrons. The maximum absolute atomic E-state index is 13.3. The average Bonchev–Trinajstić information content (AvgIpc) is 2.67. The molecule has 0 fully saturated rings. The summed E-state index contributed by atoms with van der Waals surface area (Å²) in [6.45, 7) is 2.05. The maximum Gasteiger partial charge on any atom is 0.140 e. The summed E-state index contributed by atoms with van der Waals surface area (Å²) in [5, 5.41) is 0. The molecule has 0 aliphatic carbocycles. The number of rotatable bonds is 1. The first kappa shape index (κ1) is 11.0. The van der Waals surface area contributed by atoms with Gasteiger partial charge in [-0.1, -0.05) is 18.2 Å². The van der Waals surface area contributed by atoms with Crippen LogP contribution in [0.25, 0.3) is 22.4 Å². The lowest BCUT2D eigenvalue weighted by molar-refractivity contribution is 0.628. The van der Waals surface area contributed by atoms with E-state index in [4.69, 9.17) is 0 Å². The van der Waals surface area contributed by atoms with Crippen molar-refractivity contribution in [2.24, 2.45) is 7.05 Å². The van der Waals surface area contributed by atoms with E-state index in [1.165, 1.54) is 17.7 Å². The first-order valence-corrected chi connectivity index (χ1v) is 5.84. The van der Waals surface area contributed by atoms with Gasteiger partial charge in [0.05, 0.1) is 11.0 Å². The highest BCUT2D eigenvalue weighted by Gasteiger charge is 2.10. The monoisotopic (exact) mass is 240 g/mol. The van der Waals surface area contributed by atoms with E-state index in [1.54, 1.807) is 6.07 Å². The number of imidazole rings is 1. The Kier molecular flexibility index (Phi) is 2.40. The summed E-state index contributed by atoms with van der Waals surface area (Å²) in [5.74, 6) is 0.547. The van der Waals surface area contributed by atoms with Crippen LogP contribution in [0.1, 0.15) is 5.56 Å². The lowest BCUT2D eigenvalue weighted by atomic mass is 10.2. The highest BCUT2D eigenvalue weighted by molar-refractivity contribution is 5.81. The zero-order valence-corrected chi connectivity index (χ0v) is 10.3. The van der Waals surface area contributed by atoms with Crippen molar-refractivity contribution >= 4 is 11.0 Å². The molecular weight excluding hydrogens is 227 g/mol. The van der Waals surface area contributed by atoms with Crippen LogP contribution >= 0.6 is 0 Å². The Morgan fingerprint density at radius 3 is 2.72 bits per heavy atom. The molecule has 3 aromatic rings. The first-order chi connectivity index (χ1) is 8.65. The third kappa shape index (κ3) is 1.68. The van der Waals surface area contributed by atoms with Crippen molar-refractivity contribution in [1.29, 1.82) is 0 Å². The number of hydrogen-bond donors (Lipinski definition) is 0. The molecule has 2 aromatic carbocycles. The van der Waals surface area contributed by atoms with E-state index in [-0.39, 0.29) is 5.82 Å². The molecular formula is C15H13FN2. The molecule has 0 saturated carbocycles. The van der Waals surface area contributed by atoms with Gasteiger partial charge in [-0.2, -0.15) is 0 Å². The minimum Gasteiger partial charge on any atom is -0.327 e. The first-order valence-electron chi connectivity index (χ1n) is 5.84. The van der Waals surface area contributed by atoms with Crippen LogP contribution in [0.2, 0.25) is 0 Å². The summed E-state index contributed by atoms with van der Waals surface area (Å²) in [7, 11) is 1.95. The van der Waals surface area contributed by atoms with Crippen molar-refractivity contribution in [2.45, 2.75) is 6.92 Å². The Morgan fingerprint density at radius 1 is 1.11 bits per heavy atom. The topological polar surface area (TPSA) is 17.8 Å². The zero-order valence-electron chi connectivity index (χ0n) is 10.3. The Morgan fingerprint density at radius 2 is 1.94 bits per heavy atom. The standard InChI is InChI=1S/C15H13FN2/c1-10-6-7-13-14(8-10)18(2)15(17-13)11-4-3-5-12(16)9-11/h3-9H,1-2H3. The van der Waals surface area contributed by atoms with E-state index in [2.05, 4.69) is 11.1 Å². The molecule has 0 N–H and O–H groups in total. The summed E-state index contributed by atoms with van der Waals surface area (Å²) >= 11 is 0. The minimum absolute atomic E-state index is 0.240. The number of hydrogen-bond acceptors (Lipinski definition) is 1. The fourth-order valence-corrected chi connectivity index (χ4v) is 2.19. The van der Waals surface area contributed by atoms with Gasteiger partial charge in [-0.05, 0) is 36.8 Å². The van der Waals surface area contributed by atoms with Crippen molar-refractivity contribution in [3.05, 3.63) is 53.8 Å². The molecule has 1 heterocycles. The van der Waals surface area contributed by atoms with Crippen LogP contribution in [0.5, 0.6) is 0 Å². The molecule has 1 aromatic heterocycles. The maximum atomic E-state index is 13.3. The fraction of sp³-hybridized carbons (Fsp3) is 0.133. The van der Waals surface area contributed by atoms with Crippen molar-refractivity contribution in [3.63, 3.8) is 0 Å². The van der Waals surface area contributed by atoms with Gasteiger partial charge in [-0.25, -0.2) is 9.37 Å². The van der Waals surface area contributed by atoms with Crippen LogP contribution in [-0.4, -0.2) is 9.55 Å². The van der Waals surface area contributed by atoms with Gasteiger partial charge < -0.3 is 4.57 Å². The highest BCUT2D eigenvalue weighted by Crippen LogP contribution is 2.24. The van der Waals surface area contributed by atoms with E-state index in [9.17, 15) is 4.39 Å². The van der Waals surface area contributed by atoms with Crippen LogP contribution < -0.4 is 0 Å². The van der Waals surface area contributed by atoms with Gasteiger partial charge in [-0.3, -0.25) is 0 Å². The Balaban J connectivity index is 2.27. The van der Waals surface area contributed by atoms with Gasteiger partial charge in [-0.15, -0.1) is 0 Å². The summed E-state index contributed by atoms with van der Waals surface area (Å²) in [6.07, 6.45) is 0. The van der Waals surface area contributed by atoms with Gasteiger partial charge in [0.25, 0.3) is 0 Å². The van der Waals surface area contributed by atoms with E-state index in [0.29, 0.717) is 0 Å². The van der Waals surface area contributed by atoms with E-state index in [0.717, 1.165) is 22.4 Å². The molecule has 3 heteroatoms. The molecule has 90 valence electrons. The number of benzene rings is 2. The van der Waals surface area contributed by atoms with E-state index in [1.807, 2.05) is 36.7 Å². The summed E-state index contributed by atoms with van der Waals surface area (Å²) < 4.78 is 15.3. The molecule has 0 saturated heterocycles. The number of aromatic nitrogens is 2. The molecule has 18 heavy (non-hydrogen) atoms. The molecule has 0 spiro atoms. The molecule has 0 amide bonds. The SMILES string of the molecule is Cc1ccc2nc(-c3cccc(F)c3)n(C)c2c1. The molecule has 0 bridgehead atoms. The van der Waals surface area contributed by atoms with E-state index >= 15 is 0 Å². The smallest absolute Gasteiger partial charge is 0.140 e. The second kappa shape index (κ2) is 3.95. The van der Waals surface area contributed by atoms with Gasteiger partial charge in [0.1, 0.15) is 11.6 Å². The molecule has 2 nitrogen and oxygen atoms in total. The number of halogens is 1. The fourth-order valence-electron chi connectivity index (χ4n) is 2.19. The van der Waals surface area contributed by atoms with Crippen molar-refractivity contribution < 1.29 is 4.39 Å². The molecule has 0 aliphatic heterocycles. The van der Waals surface area contributed by atoms with Gasteiger partial charge >= 0.3 is 0 Å². The normalized spacial score (nSPS) is 11.1. The Hall–Kier alpha value is -2.16. The summed E-state index contributed by atoms with van der Waals surface area (Å²) in [4.78, 5) is 4.56. The third-order valence-electron chi connectivity index (χ3n) is 3.12. The van der Waals surface area contributed by atoms with Crippen LogP contribution in [-0.2, 0) is 7.05 Å². The molecule has 0 aliphatic rings. The predicted octanol–water partition coefficient (Wildman–Crippen LogP) is 3.69. The lowest BCUT2D eigenvalue weighted by Crippen LogP contribution is -1.92. The summed E-state index contributed by atoms with van der Waals surface area (Å²) in [6, 6.07) is 12.6. The van der Waals surface area contributed by atoms with Gasteiger partial charge in [0.15, 0.2) is 0 Å². The second-order valence-electron chi connectivity index (χ2n) is 4.50. The molecule has 0 atom stereocenters. The molecule has 3 rings (SSSR count). The third-order valence-corrected chi connectivity index (χ3v) is 3.12. The van der Waals surface area contributed by atoms with E-state index < -0.39 is 0 Å². The summed E-state index contributed by atoms with van der Waals surface area (Å²) in [5.41, 5.74) is 3.99. The zero-order chi connectivity index (χ0) is 12.7. The number of fused-ring (bicyclic) bond motifs is 1. The largest absolute Gasteiger partial charge is 0.327 e. The Bertz CT molecular complexity index is 728. The van der Waals surface area contributed by atoms with Gasteiger partial charge in [0.2, 0.25) is 0 Å². The van der Waals surface area contributed by atoms with Crippen molar-refractivity contribution in [3.8, 4) is 11.4 Å². The van der Waals surface area contributed by atoms with Crippen molar-refractivity contribution in [1.82, 2.24) is 9.55 Å². The lowest BCUT2D eigenvalue weighted by Gasteiger charge is -2.02. The quantitative estimate of drug-likeness (QED) is 0.634. The number of aryl methyl sites for hydroxylation is 2. The average molecular weight is 240 g/mol. The van der Waals surface area contributed by atoms with Crippen LogP contribution in [0, 0.1) is 12.7 Å². The van der Waals surface area contributed by atoms with Crippen molar-refractivity contribution in [2.75, 3.05) is 0 Å². The van der Waals surface area contributed by atoms with Crippen LogP contribution in [0.3, 0.4) is 0 Å². The predicted molar refractivity (Wildman–Crippen MR) is 70.8 cm³/mol. The Labute approximate surface area is 105 Å². The highest BCUT2D eigenvalue weighted by atomic mass is 19.1. The van der Waals surface area contributed by atoms with Crippen LogP contribution in [0.15, 0.2) is 42.5 Å². The minimum atomic E-state index is -0.240.